The number of rotatable bonds is 8. The summed E-state index contributed by atoms with van der Waals surface area (Å²) >= 11 is 0. The van der Waals surface area contributed by atoms with E-state index in [1.54, 1.807) is 12.1 Å². The van der Waals surface area contributed by atoms with Crippen LogP contribution < -0.4 is 30.8 Å². The van der Waals surface area contributed by atoms with Crippen LogP contribution in [0.25, 0.3) is 0 Å². The van der Waals surface area contributed by atoms with Gasteiger partial charge in [0.25, 0.3) is 5.56 Å². The number of nitrogens with zero attached hydrogens (tertiary/aromatic N) is 1. The Balaban J connectivity index is 1.97. The summed E-state index contributed by atoms with van der Waals surface area (Å²) in [7, 11) is 4.59. The summed E-state index contributed by atoms with van der Waals surface area (Å²) < 4.78 is 17.0. The van der Waals surface area contributed by atoms with Gasteiger partial charge in [0.1, 0.15) is 6.54 Å². The Morgan fingerprint density at radius 2 is 1.77 bits per heavy atom. The fraction of sp³-hybridized carbons (Fsp3) is 0.353. The van der Waals surface area contributed by atoms with E-state index >= 15 is 0 Å². The number of amides is 1. The van der Waals surface area contributed by atoms with E-state index in [-0.39, 0.29) is 12.5 Å². The molecule has 0 radical (unpaired) electrons. The molecule has 2 rings (SSSR count). The fourth-order valence-corrected chi connectivity index (χ4v) is 2.41. The van der Waals surface area contributed by atoms with Crippen molar-refractivity contribution in [2.24, 2.45) is 0 Å². The highest BCUT2D eigenvalue weighted by Crippen LogP contribution is 2.38. The topological polar surface area (TPSA) is 112 Å². The van der Waals surface area contributed by atoms with Crippen molar-refractivity contribution in [3.63, 3.8) is 0 Å². The number of benzene rings is 1. The van der Waals surface area contributed by atoms with Gasteiger partial charge < -0.3 is 19.5 Å². The molecule has 9 heteroatoms. The molecule has 2 aromatic rings. The zero-order valence-corrected chi connectivity index (χ0v) is 14.8. The minimum atomic E-state index is -0.628. The quantitative estimate of drug-likeness (QED) is 0.679. The van der Waals surface area contributed by atoms with E-state index in [2.05, 4.69) is 10.3 Å². The highest BCUT2D eigenvalue weighted by molar-refractivity contribution is 5.75. The first kappa shape index (κ1) is 19.1. The minimum absolute atomic E-state index is 0.176. The van der Waals surface area contributed by atoms with Gasteiger partial charge in [-0.2, -0.15) is 0 Å². The van der Waals surface area contributed by atoms with Crippen LogP contribution in [0.5, 0.6) is 17.2 Å². The summed E-state index contributed by atoms with van der Waals surface area (Å²) in [5.41, 5.74) is -0.243. The number of H-pyrrole nitrogens is 1. The van der Waals surface area contributed by atoms with Crippen LogP contribution in [-0.2, 0) is 17.8 Å². The van der Waals surface area contributed by atoms with Crippen molar-refractivity contribution in [3.8, 4) is 17.2 Å². The first-order valence-corrected chi connectivity index (χ1v) is 7.83. The third kappa shape index (κ3) is 4.65. The van der Waals surface area contributed by atoms with Crippen LogP contribution in [0.2, 0.25) is 0 Å². The normalized spacial score (nSPS) is 10.3. The summed E-state index contributed by atoms with van der Waals surface area (Å²) in [5.74, 6) is 1.23. The largest absolute Gasteiger partial charge is 0.493 e. The van der Waals surface area contributed by atoms with Gasteiger partial charge in [-0.1, -0.05) is 0 Å². The maximum Gasteiger partial charge on any atom is 0.328 e. The van der Waals surface area contributed by atoms with Gasteiger partial charge in [0.2, 0.25) is 11.7 Å². The third-order valence-corrected chi connectivity index (χ3v) is 3.67. The van der Waals surface area contributed by atoms with Gasteiger partial charge in [-0.15, -0.1) is 0 Å². The predicted octanol–water partition coefficient (Wildman–Crippen LogP) is -0.0787. The molecular formula is C17H21N3O6. The second kappa shape index (κ2) is 8.75. The molecule has 1 amide bonds. The predicted molar refractivity (Wildman–Crippen MR) is 94.1 cm³/mol. The molecule has 0 unspecified atom stereocenters. The number of hydrogen-bond acceptors (Lipinski definition) is 6. The van der Waals surface area contributed by atoms with Crippen molar-refractivity contribution >= 4 is 5.91 Å². The maximum absolute atomic E-state index is 12.0. The number of aromatic nitrogens is 2. The van der Waals surface area contributed by atoms with Crippen molar-refractivity contribution in [1.29, 1.82) is 0 Å². The van der Waals surface area contributed by atoms with Crippen molar-refractivity contribution < 1.29 is 19.0 Å². The Morgan fingerprint density at radius 3 is 2.31 bits per heavy atom. The van der Waals surface area contributed by atoms with Gasteiger partial charge >= 0.3 is 5.69 Å². The Kier molecular flexibility index (Phi) is 6.42. The number of methoxy groups -OCH3 is 3. The molecular weight excluding hydrogens is 342 g/mol. The van der Waals surface area contributed by atoms with Crippen LogP contribution in [0.4, 0.5) is 0 Å². The lowest BCUT2D eigenvalue weighted by Gasteiger charge is -2.14. The van der Waals surface area contributed by atoms with E-state index in [0.29, 0.717) is 30.2 Å². The van der Waals surface area contributed by atoms with Gasteiger partial charge in [0, 0.05) is 18.8 Å². The summed E-state index contributed by atoms with van der Waals surface area (Å²) in [4.78, 5) is 36.6. The minimum Gasteiger partial charge on any atom is -0.493 e. The molecule has 0 aliphatic carbocycles. The van der Waals surface area contributed by atoms with Crippen LogP contribution >= 0.6 is 0 Å². The number of nitrogens with one attached hydrogen (secondary N) is 2. The molecule has 1 aromatic carbocycles. The Morgan fingerprint density at radius 1 is 1.12 bits per heavy atom. The van der Waals surface area contributed by atoms with E-state index in [9.17, 15) is 14.4 Å². The van der Waals surface area contributed by atoms with Crippen LogP contribution in [0.1, 0.15) is 5.56 Å². The summed E-state index contributed by atoms with van der Waals surface area (Å²) in [6.07, 6.45) is 1.81. The number of carbonyl (C=O) groups excluding carboxylic acids is 1. The second-order valence-electron chi connectivity index (χ2n) is 5.37. The summed E-state index contributed by atoms with van der Waals surface area (Å²) in [6, 6.07) is 4.80. The standard InChI is InChI=1S/C17H21N3O6/c1-24-12-8-11(9-13(25-2)16(12)26-3)4-6-18-15(22)10-20-7-5-14(21)19-17(20)23/h5,7-9H,4,6,10H2,1-3H3,(H,18,22)(H,19,21,23). The molecule has 0 bridgehead atoms. The molecule has 0 fully saturated rings. The molecule has 0 saturated carbocycles. The van der Waals surface area contributed by atoms with Gasteiger partial charge in [0.05, 0.1) is 21.3 Å². The monoisotopic (exact) mass is 363 g/mol. The molecule has 0 atom stereocenters. The van der Waals surface area contributed by atoms with Crippen molar-refractivity contribution in [2.45, 2.75) is 13.0 Å². The molecule has 1 heterocycles. The number of aromatic amines is 1. The summed E-state index contributed by atoms with van der Waals surface area (Å²) in [6.45, 7) is 0.181. The Hall–Kier alpha value is -3.23. The van der Waals surface area contributed by atoms with E-state index in [1.807, 2.05) is 0 Å². The molecule has 140 valence electrons. The lowest BCUT2D eigenvalue weighted by atomic mass is 10.1. The van der Waals surface area contributed by atoms with Gasteiger partial charge in [-0.05, 0) is 24.1 Å². The fourth-order valence-electron chi connectivity index (χ4n) is 2.41. The van der Waals surface area contributed by atoms with Gasteiger partial charge in [-0.25, -0.2) is 4.79 Å². The lowest BCUT2D eigenvalue weighted by molar-refractivity contribution is -0.121. The molecule has 26 heavy (non-hydrogen) atoms. The van der Waals surface area contributed by atoms with Crippen molar-refractivity contribution in [2.75, 3.05) is 27.9 Å². The van der Waals surface area contributed by atoms with Crippen LogP contribution in [0, 0.1) is 0 Å². The molecule has 1 aromatic heterocycles. The highest BCUT2D eigenvalue weighted by atomic mass is 16.5. The Bertz CT molecular complexity index is 862. The van der Waals surface area contributed by atoms with Crippen molar-refractivity contribution in [1.82, 2.24) is 14.9 Å². The van der Waals surface area contributed by atoms with Crippen molar-refractivity contribution in [3.05, 3.63) is 50.8 Å². The molecule has 2 N–H and O–H groups in total. The SMILES string of the molecule is COc1cc(CCNC(=O)Cn2ccc(=O)[nH]c2=O)cc(OC)c1OC. The van der Waals surface area contributed by atoms with Crippen LogP contribution in [-0.4, -0.2) is 43.3 Å². The molecule has 0 aliphatic rings. The first-order chi connectivity index (χ1) is 12.5. The van der Waals surface area contributed by atoms with E-state index in [4.69, 9.17) is 14.2 Å². The van der Waals surface area contributed by atoms with Crippen LogP contribution in [0.15, 0.2) is 34.0 Å². The average Bonchev–Trinajstić information content (AvgIpc) is 2.63. The third-order valence-electron chi connectivity index (χ3n) is 3.67. The summed E-state index contributed by atoms with van der Waals surface area (Å²) in [5, 5.41) is 2.72. The zero-order valence-electron chi connectivity index (χ0n) is 14.8. The van der Waals surface area contributed by atoms with Gasteiger partial charge in [-0.3, -0.25) is 19.1 Å². The number of hydrogen-bond donors (Lipinski definition) is 2. The number of ether oxygens (including phenoxy) is 3. The lowest BCUT2D eigenvalue weighted by Crippen LogP contribution is -2.36. The zero-order chi connectivity index (χ0) is 19.1. The molecule has 0 saturated heterocycles. The molecule has 0 aliphatic heterocycles. The van der Waals surface area contributed by atoms with Crippen LogP contribution in [0.3, 0.4) is 0 Å². The molecule has 0 spiro atoms. The highest BCUT2D eigenvalue weighted by Gasteiger charge is 2.13. The maximum atomic E-state index is 12.0. The van der Waals surface area contributed by atoms with E-state index in [0.717, 1.165) is 10.1 Å². The van der Waals surface area contributed by atoms with E-state index in [1.165, 1.54) is 33.6 Å². The number of carbonyl (C=O) groups is 1. The van der Waals surface area contributed by atoms with Gasteiger partial charge in [0.15, 0.2) is 11.5 Å². The smallest absolute Gasteiger partial charge is 0.328 e. The van der Waals surface area contributed by atoms with E-state index < -0.39 is 11.2 Å². The first-order valence-electron chi connectivity index (χ1n) is 7.83. The molecule has 9 nitrogen and oxygen atoms in total. The Labute approximate surface area is 149 Å². The second-order valence-corrected chi connectivity index (χ2v) is 5.37. The average molecular weight is 363 g/mol.